The van der Waals surface area contributed by atoms with Crippen LogP contribution in [0.4, 0.5) is 0 Å². The maximum atomic E-state index is 6.08. The summed E-state index contributed by atoms with van der Waals surface area (Å²) < 4.78 is 11.9. The van der Waals surface area contributed by atoms with Crippen LogP contribution in [-0.2, 0) is 0 Å². The first kappa shape index (κ1) is 25.6. The Hall–Kier alpha value is -4.04. The Morgan fingerprint density at radius 2 is 1.05 bits per heavy atom. The Labute approximate surface area is 225 Å². The van der Waals surface area contributed by atoms with E-state index in [4.69, 9.17) is 8.83 Å². The minimum absolute atomic E-state index is 0.387. The zero-order chi connectivity index (χ0) is 26.8. The molecule has 4 aromatic carbocycles. The normalized spacial score (nSPS) is 11.4. The van der Waals surface area contributed by atoms with Gasteiger partial charge >= 0.3 is 0 Å². The zero-order valence-corrected chi connectivity index (χ0v) is 23.2. The monoisotopic (exact) mass is 500 g/mol. The van der Waals surface area contributed by atoms with Crippen LogP contribution in [0.25, 0.3) is 44.2 Å². The van der Waals surface area contributed by atoms with Crippen LogP contribution in [0.15, 0.2) is 106 Å². The molecule has 2 heterocycles. The second-order valence-electron chi connectivity index (χ2n) is 10.8. The van der Waals surface area contributed by atoms with E-state index in [1.54, 1.807) is 0 Å². The van der Waals surface area contributed by atoms with E-state index in [0.29, 0.717) is 11.8 Å². The van der Waals surface area contributed by atoms with Crippen molar-refractivity contribution in [2.45, 2.75) is 53.4 Å². The summed E-state index contributed by atoms with van der Waals surface area (Å²) in [6, 6.07) is 34.1. The molecule has 0 atom stereocenters. The molecule has 0 bridgehead atoms. The number of fused-ring (bicyclic) bond motifs is 2. The summed E-state index contributed by atoms with van der Waals surface area (Å²) in [6.07, 6.45) is 0. The van der Waals surface area contributed by atoms with Crippen molar-refractivity contribution in [1.82, 2.24) is 0 Å². The molecule has 0 aliphatic rings. The number of hydrogen-bond acceptors (Lipinski definition) is 2. The van der Waals surface area contributed by atoms with E-state index in [1.165, 1.54) is 38.8 Å². The molecule has 2 nitrogen and oxygen atoms in total. The van der Waals surface area contributed by atoms with E-state index in [2.05, 4.69) is 133 Å². The van der Waals surface area contributed by atoms with Gasteiger partial charge in [-0.05, 0) is 77.6 Å². The van der Waals surface area contributed by atoms with Gasteiger partial charge in [-0.15, -0.1) is 0 Å². The van der Waals surface area contributed by atoms with Crippen molar-refractivity contribution in [2.75, 3.05) is 0 Å². The first-order valence-corrected chi connectivity index (χ1v) is 13.5. The average Bonchev–Trinajstić information content (AvgIpc) is 3.54. The van der Waals surface area contributed by atoms with E-state index in [9.17, 15) is 0 Å². The molecule has 6 aromatic rings. The summed E-state index contributed by atoms with van der Waals surface area (Å²) in [7, 11) is 0. The summed E-state index contributed by atoms with van der Waals surface area (Å²) in [5, 5.41) is 2.41. The lowest BCUT2D eigenvalue weighted by Gasteiger charge is -2.10. The van der Waals surface area contributed by atoms with Crippen molar-refractivity contribution in [1.29, 1.82) is 0 Å². The molecule has 38 heavy (non-hydrogen) atoms. The van der Waals surface area contributed by atoms with Crippen LogP contribution in [0, 0.1) is 13.8 Å². The molecule has 6 rings (SSSR count). The summed E-state index contributed by atoms with van der Waals surface area (Å²) in [6.45, 7) is 12.9. The lowest BCUT2D eigenvalue weighted by atomic mass is 9.93. The van der Waals surface area contributed by atoms with E-state index < -0.39 is 0 Å². The van der Waals surface area contributed by atoms with Gasteiger partial charge in [-0.25, -0.2) is 0 Å². The van der Waals surface area contributed by atoms with Gasteiger partial charge in [0.25, 0.3) is 0 Å². The van der Waals surface area contributed by atoms with Crippen LogP contribution < -0.4 is 0 Å². The van der Waals surface area contributed by atoms with Crippen molar-refractivity contribution in [3.05, 3.63) is 120 Å². The van der Waals surface area contributed by atoms with Gasteiger partial charge in [-0.2, -0.15) is 0 Å². The summed E-state index contributed by atoms with van der Waals surface area (Å²) >= 11 is 0. The SMILES string of the molecule is CC(C)c1cc2cc(-c3ccccc3)c(-c3ccccc3)cc2o1.Cc1cc(C)c2cc(C(C)C)oc2c1. The summed E-state index contributed by atoms with van der Waals surface area (Å²) in [5.74, 6) is 2.96. The van der Waals surface area contributed by atoms with Gasteiger partial charge < -0.3 is 8.83 Å². The maximum absolute atomic E-state index is 6.08. The first-order valence-electron chi connectivity index (χ1n) is 13.5. The topological polar surface area (TPSA) is 26.3 Å². The molecular weight excluding hydrogens is 464 g/mol. The summed E-state index contributed by atoms with van der Waals surface area (Å²) in [4.78, 5) is 0. The highest BCUT2D eigenvalue weighted by Gasteiger charge is 2.14. The van der Waals surface area contributed by atoms with E-state index in [-0.39, 0.29) is 0 Å². The van der Waals surface area contributed by atoms with E-state index in [0.717, 1.165) is 28.1 Å². The van der Waals surface area contributed by atoms with Crippen LogP contribution in [0.5, 0.6) is 0 Å². The third-order valence-electron chi connectivity index (χ3n) is 6.99. The quantitative estimate of drug-likeness (QED) is 0.240. The van der Waals surface area contributed by atoms with Gasteiger partial charge in [0.05, 0.1) is 0 Å². The zero-order valence-electron chi connectivity index (χ0n) is 23.2. The van der Waals surface area contributed by atoms with Crippen molar-refractivity contribution in [2.24, 2.45) is 0 Å². The molecule has 0 radical (unpaired) electrons. The third kappa shape index (κ3) is 5.31. The Balaban J connectivity index is 0.000000179. The van der Waals surface area contributed by atoms with E-state index in [1.807, 2.05) is 6.07 Å². The first-order chi connectivity index (χ1) is 18.3. The number of aryl methyl sites for hydroxylation is 2. The van der Waals surface area contributed by atoms with Gasteiger partial charge in [-0.1, -0.05) is 94.4 Å². The fourth-order valence-electron chi connectivity index (χ4n) is 4.90. The van der Waals surface area contributed by atoms with E-state index >= 15 is 0 Å². The standard InChI is InChI=1S/C23H20O.C13H16O/c1-16(2)22-14-19-13-20(17-9-5-3-6-10-17)21(15-23(19)24-22)18-11-7-4-8-12-18;1-8(2)12-7-11-10(4)5-9(3)6-13(11)14-12/h3-16H,1-2H3;5-8H,1-4H3. The Morgan fingerprint density at radius 1 is 0.526 bits per heavy atom. The lowest BCUT2D eigenvalue weighted by molar-refractivity contribution is 0.521. The molecule has 0 aliphatic carbocycles. The van der Waals surface area contributed by atoms with Crippen LogP contribution in [0.3, 0.4) is 0 Å². The smallest absolute Gasteiger partial charge is 0.134 e. The maximum Gasteiger partial charge on any atom is 0.134 e. The second kappa shape index (κ2) is 10.8. The second-order valence-corrected chi connectivity index (χ2v) is 10.8. The van der Waals surface area contributed by atoms with Crippen LogP contribution >= 0.6 is 0 Å². The Bertz CT molecular complexity index is 1590. The predicted molar refractivity (Wildman–Crippen MR) is 161 cm³/mol. The fourth-order valence-corrected chi connectivity index (χ4v) is 4.90. The van der Waals surface area contributed by atoms with Crippen molar-refractivity contribution < 1.29 is 8.83 Å². The van der Waals surface area contributed by atoms with Gasteiger partial charge in [0.1, 0.15) is 22.7 Å². The molecule has 0 saturated heterocycles. The van der Waals surface area contributed by atoms with Gasteiger partial charge in [0.15, 0.2) is 0 Å². The number of furan rings is 2. The molecule has 192 valence electrons. The van der Waals surface area contributed by atoms with Crippen molar-refractivity contribution >= 4 is 21.9 Å². The third-order valence-corrected chi connectivity index (χ3v) is 6.99. The lowest BCUT2D eigenvalue weighted by Crippen LogP contribution is -1.85. The van der Waals surface area contributed by atoms with Gasteiger partial charge in [0.2, 0.25) is 0 Å². The molecule has 0 amide bonds. The number of benzene rings is 4. The van der Waals surface area contributed by atoms with Crippen LogP contribution in [0.2, 0.25) is 0 Å². The molecule has 0 spiro atoms. The Morgan fingerprint density at radius 3 is 1.63 bits per heavy atom. The highest BCUT2D eigenvalue weighted by atomic mass is 16.3. The number of hydrogen-bond donors (Lipinski definition) is 0. The Kier molecular flexibility index (Phi) is 7.24. The number of rotatable bonds is 4. The molecule has 0 fully saturated rings. The van der Waals surface area contributed by atoms with Gasteiger partial charge in [0, 0.05) is 22.6 Å². The van der Waals surface area contributed by atoms with Gasteiger partial charge in [-0.3, -0.25) is 0 Å². The summed E-state index contributed by atoms with van der Waals surface area (Å²) in [5.41, 5.74) is 9.43. The molecule has 2 heteroatoms. The van der Waals surface area contributed by atoms with Crippen LogP contribution in [-0.4, -0.2) is 0 Å². The molecule has 0 N–H and O–H groups in total. The highest BCUT2D eigenvalue weighted by molar-refractivity contribution is 5.94. The molecule has 0 unspecified atom stereocenters. The van der Waals surface area contributed by atoms with Crippen molar-refractivity contribution in [3.63, 3.8) is 0 Å². The predicted octanol–water partition coefficient (Wildman–Crippen LogP) is 11.1. The molecular formula is C36H36O2. The fraction of sp³-hybridized carbons (Fsp3) is 0.222. The highest BCUT2D eigenvalue weighted by Crippen LogP contribution is 2.37. The molecule has 2 aromatic heterocycles. The minimum atomic E-state index is 0.387. The largest absolute Gasteiger partial charge is 0.461 e. The molecule has 0 saturated carbocycles. The minimum Gasteiger partial charge on any atom is -0.461 e. The molecule has 0 aliphatic heterocycles. The average molecular weight is 501 g/mol. The van der Waals surface area contributed by atoms with Crippen molar-refractivity contribution in [3.8, 4) is 22.3 Å². The van der Waals surface area contributed by atoms with Crippen LogP contribution in [0.1, 0.15) is 62.2 Å².